The monoisotopic (exact) mass is 244 g/mol. The number of hydrogen-bond donors (Lipinski definition) is 0. The molecule has 2 rings (SSSR count). The van der Waals surface area contributed by atoms with Gasteiger partial charge in [0.05, 0.1) is 5.71 Å². The molecule has 0 atom stereocenters. The first-order valence-electron chi connectivity index (χ1n) is 5.71. The number of allylic oxidation sites excluding steroid dienone is 1. The van der Waals surface area contributed by atoms with Crippen LogP contribution in [0, 0.1) is 5.92 Å². The molecule has 1 aliphatic heterocycles. The fourth-order valence-corrected chi connectivity index (χ4v) is 2.53. The van der Waals surface area contributed by atoms with Crippen molar-refractivity contribution in [3.05, 3.63) is 41.3 Å². The average molecular weight is 244 g/mol. The number of rotatable bonds is 3. The first-order valence-corrected chi connectivity index (χ1v) is 6.52. The second-order valence-electron chi connectivity index (χ2n) is 4.37. The Balaban J connectivity index is 2.19. The highest BCUT2D eigenvalue weighted by Crippen LogP contribution is 2.38. The maximum absolute atomic E-state index is 4.42. The zero-order valence-corrected chi connectivity index (χ0v) is 11.0. The molecular formula is C14H16N2S. The van der Waals surface area contributed by atoms with Gasteiger partial charge in [0, 0.05) is 21.9 Å². The molecule has 0 saturated heterocycles. The lowest BCUT2D eigenvalue weighted by molar-refractivity contribution is 0.667. The Hall–Kier alpha value is -1.35. The van der Waals surface area contributed by atoms with E-state index in [-0.39, 0.29) is 0 Å². The molecule has 17 heavy (non-hydrogen) atoms. The summed E-state index contributed by atoms with van der Waals surface area (Å²) in [4.78, 5) is 10.9. The SMILES string of the molecule is C=C1Sc2ccccc2C1=NC=NCC(C)C. The van der Waals surface area contributed by atoms with E-state index in [1.807, 2.05) is 12.1 Å². The van der Waals surface area contributed by atoms with Crippen molar-refractivity contribution in [1.82, 2.24) is 0 Å². The molecule has 88 valence electrons. The molecule has 0 N–H and O–H groups in total. The van der Waals surface area contributed by atoms with Crippen LogP contribution in [-0.4, -0.2) is 18.6 Å². The summed E-state index contributed by atoms with van der Waals surface area (Å²) in [5.74, 6) is 0.569. The predicted molar refractivity (Wildman–Crippen MR) is 76.2 cm³/mol. The number of fused-ring (bicyclic) bond motifs is 1. The fourth-order valence-electron chi connectivity index (χ4n) is 1.58. The number of aliphatic imine (C=N–C) groups is 2. The van der Waals surface area contributed by atoms with Crippen molar-refractivity contribution in [1.29, 1.82) is 0 Å². The fraction of sp³-hybridized carbons (Fsp3) is 0.286. The Morgan fingerprint density at radius 1 is 1.35 bits per heavy atom. The third-order valence-corrected chi connectivity index (χ3v) is 3.39. The van der Waals surface area contributed by atoms with E-state index in [0.29, 0.717) is 5.92 Å². The van der Waals surface area contributed by atoms with Crippen molar-refractivity contribution in [2.24, 2.45) is 15.9 Å². The van der Waals surface area contributed by atoms with E-state index in [4.69, 9.17) is 0 Å². The molecule has 2 nitrogen and oxygen atoms in total. The molecule has 0 fully saturated rings. The van der Waals surface area contributed by atoms with E-state index in [1.165, 1.54) is 10.5 Å². The topological polar surface area (TPSA) is 24.7 Å². The predicted octanol–water partition coefficient (Wildman–Crippen LogP) is 3.78. The van der Waals surface area contributed by atoms with E-state index >= 15 is 0 Å². The van der Waals surface area contributed by atoms with Crippen LogP contribution >= 0.6 is 11.8 Å². The molecule has 1 aromatic carbocycles. The third-order valence-electron chi connectivity index (χ3n) is 2.38. The molecule has 1 aromatic rings. The summed E-state index contributed by atoms with van der Waals surface area (Å²) in [5, 5.41) is 0. The van der Waals surface area contributed by atoms with Crippen LogP contribution in [0.3, 0.4) is 0 Å². The molecule has 0 spiro atoms. The van der Waals surface area contributed by atoms with Crippen LogP contribution in [0.15, 0.2) is 50.6 Å². The second kappa shape index (κ2) is 5.32. The molecule has 0 radical (unpaired) electrons. The molecule has 0 aromatic heterocycles. The van der Waals surface area contributed by atoms with Gasteiger partial charge in [-0.3, -0.25) is 4.99 Å². The van der Waals surface area contributed by atoms with Gasteiger partial charge in [-0.1, -0.05) is 50.4 Å². The van der Waals surface area contributed by atoms with Crippen LogP contribution in [-0.2, 0) is 0 Å². The van der Waals surface area contributed by atoms with Crippen molar-refractivity contribution >= 4 is 23.8 Å². The molecule has 1 heterocycles. The van der Waals surface area contributed by atoms with Gasteiger partial charge in [-0.25, -0.2) is 4.99 Å². The summed E-state index contributed by atoms with van der Waals surface area (Å²) < 4.78 is 0. The quantitative estimate of drug-likeness (QED) is 0.586. The van der Waals surface area contributed by atoms with E-state index in [2.05, 4.69) is 42.5 Å². The molecule has 1 aliphatic rings. The zero-order chi connectivity index (χ0) is 12.3. The second-order valence-corrected chi connectivity index (χ2v) is 5.51. The van der Waals surface area contributed by atoms with Crippen LogP contribution in [0.25, 0.3) is 0 Å². The van der Waals surface area contributed by atoms with Gasteiger partial charge in [0.25, 0.3) is 0 Å². The Morgan fingerprint density at radius 2 is 2.12 bits per heavy atom. The van der Waals surface area contributed by atoms with Crippen molar-refractivity contribution in [3.8, 4) is 0 Å². The summed E-state index contributed by atoms with van der Waals surface area (Å²) in [6, 6.07) is 8.24. The van der Waals surface area contributed by atoms with Crippen molar-refractivity contribution in [2.45, 2.75) is 18.7 Å². The minimum Gasteiger partial charge on any atom is -0.273 e. The Bertz CT molecular complexity index is 487. The highest BCUT2D eigenvalue weighted by Gasteiger charge is 2.20. The molecule has 0 amide bonds. The molecule has 3 heteroatoms. The van der Waals surface area contributed by atoms with Gasteiger partial charge >= 0.3 is 0 Å². The maximum Gasteiger partial charge on any atom is 0.110 e. The number of benzene rings is 1. The number of hydrogen-bond acceptors (Lipinski definition) is 2. The van der Waals surface area contributed by atoms with E-state index < -0.39 is 0 Å². The summed E-state index contributed by atoms with van der Waals surface area (Å²) >= 11 is 1.68. The standard InChI is InChI=1S/C14H16N2S/c1-10(2)8-15-9-16-14-11(3)17-13-7-5-4-6-12(13)14/h4-7,9-10H,3,8H2,1-2H3. The molecular weight excluding hydrogens is 228 g/mol. The van der Waals surface area contributed by atoms with Crippen LogP contribution in [0.2, 0.25) is 0 Å². The first kappa shape index (κ1) is 12.1. The highest BCUT2D eigenvalue weighted by atomic mass is 32.2. The molecule has 0 unspecified atom stereocenters. The normalized spacial score (nSPS) is 17.4. The zero-order valence-electron chi connectivity index (χ0n) is 10.2. The van der Waals surface area contributed by atoms with Gasteiger partial charge in [-0.2, -0.15) is 0 Å². The van der Waals surface area contributed by atoms with Gasteiger partial charge in [0.1, 0.15) is 6.34 Å². The average Bonchev–Trinajstić information content (AvgIpc) is 2.60. The van der Waals surface area contributed by atoms with Gasteiger partial charge in [0.2, 0.25) is 0 Å². The van der Waals surface area contributed by atoms with Crippen molar-refractivity contribution < 1.29 is 0 Å². The summed E-state index contributed by atoms with van der Waals surface area (Å²) in [6.45, 7) is 9.14. The lowest BCUT2D eigenvalue weighted by Crippen LogP contribution is -1.97. The lowest BCUT2D eigenvalue weighted by atomic mass is 10.1. The van der Waals surface area contributed by atoms with Crippen LogP contribution in [0.5, 0.6) is 0 Å². The Kier molecular flexibility index (Phi) is 3.79. The van der Waals surface area contributed by atoms with E-state index in [0.717, 1.165) is 17.2 Å². The smallest absolute Gasteiger partial charge is 0.110 e. The molecule has 0 bridgehead atoms. The van der Waals surface area contributed by atoms with E-state index in [9.17, 15) is 0 Å². The van der Waals surface area contributed by atoms with Gasteiger partial charge in [-0.05, 0) is 12.0 Å². The Labute approximate surface area is 107 Å². The van der Waals surface area contributed by atoms with Crippen LogP contribution in [0.1, 0.15) is 19.4 Å². The van der Waals surface area contributed by atoms with Crippen molar-refractivity contribution in [2.75, 3.05) is 6.54 Å². The minimum absolute atomic E-state index is 0.569. The van der Waals surface area contributed by atoms with Crippen LogP contribution < -0.4 is 0 Å². The van der Waals surface area contributed by atoms with Crippen molar-refractivity contribution in [3.63, 3.8) is 0 Å². The van der Waals surface area contributed by atoms with Crippen LogP contribution in [0.4, 0.5) is 0 Å². The maximum atomic E-state index is 4.42. The van der Waals surface area contributed by atoms with E-state index in [1.54, 1.807) is 18.1 Å². The highest BCUT2D eigenvalue weighted by molar-refractivity contribution is 8.04. The first-order chi connectivity index (χ1) is 8.18. The summed E-state index contributed by atoms with van der Waals surface area (Å²) in [7, 11) is 0. The van der Waals surface area contributed by atoms with Gasteiger partial charge < -0.3 is 0 Å². The number of nitrogens with zero attached hydrogens (tertiary/aromatic N) is 2. The van der Waals surface area contributed by atoms with Gasteiger partial charge in [0.15, 0.2) is 0 Å². The minimum atomic E-state index is 0.569. The number of thioether (sulfide) groups is 1. The third kappa shape index (κ3) is 2.86. The summed E-state index contributed by atoms with van der Waals surface area (Å²) in [5.41, 5.74) is 2.12. The molecule has 0 saturated carbocycles. The van der Waals surface area contributed by atoms with Gasteiger partial charge in [-0.15, -0.1) is 0 Å². The largest absolute Gasteiger partial charge is 0.273 e. The lowest BCUT2D eigenvalue weighted by Gasteiger charge is -1.97. The summed E-state index contributed by atoms with van der Waals surface area (Å²) in [6.07, 6.45) is 1.66. The molecule has 0 aliphatic carbocycles. The Morgan fingerprint density at radius 3 is 2.88 bits per heavy atom.